The van der Waals surface area contributed by atoms with Gasteiger partial charge in [0.05, 0.1) is 12.5 Å². The second-order valence-corrected chi connectivity index (χ2v) is 12.2. The van der Waals surface area contributed by atoms with Crippen LogP contribution in [0.1, 0.15) is 201 Å². The Balaban J connectivity index is 4.14. The van der Waals surface area contributed by atoms with E-state index in [9.17, 15) is 4.79 Å². The zero-order chi connectivity index (χ0) is 27.2. The number of unbranched alkanes of at least 4 members (excludes halogenated alkanes) is 21. The molecule has 0 aromatic heterocycles. The third-order valence-electron chi connectivity index (χ3n) is 8.29. The van der Waals surface area contributed by atoms with Crippen molar-refractivity contribution >= 4 is 5.97 Å². The molecule has 0 amide bonds. The first-order chi connectivity index (χ1) is 18.2. The van der Waals surface area contributed by atoms with Gasteiger partial charge in [0.15, 0.2) is 0 Å². The molecule has 1 atom stereocenters. The Kier molecular flexibility index (Phi) is 29.6. The lowest BCUT2D eigenvalue weighted by atomic mass is 9.94. The average molecular weight is 523 g/mol. The molecule has 0 aliphatic heterocycles. The maximum atomic E-state index is 12.7. The molecule has 0 aromatic carbocycles. The Morgan fingerprint density at radius 3 is 1.11 bits per heavy atom. The Morgan fingerprint density at radius 2 is 0.757 bits per heavy atom. The fourth-order valence-electron chi connectivity index (χ4n) is 5.49. The van der Waals surface area contributed by atoms with Crippen LogP contribution in [0.15, 0.2) is 0 Å². The summed E-state index contributed by atoms with van der Waals surface area (Å²) >= 11 is 0. The second-order valence-electron chi connectivity index (χ2n) is 12.2. The van der Waals surface area contributed by atoms with Crippen molar-refractivity contribution in [2.75, 3.05) is 6.61 Å². The van der Waals surface area contributed by atoms with Crippen LogP contribution in [-0.4, -0.2) is 12.6 Å². The van der Waals surface area contributed by atoms with Gasteiger partial charge in [0.2, 0.25) is 0 Å². The molecule has 0 N–H and O–H groups in total. The van der Waals surface area contributed by atoms with Crippen LogP contribution in [0.2, 0.25) is 0 Å². The summed E-state index contributed by atoms with van der Waals surface area (Å²) in [5.41, 5.74) is 0. The maximum Gasteiger partial charge on any atom is 0.308 e. The van der Waals surface area contributed by atoms with Gasteiger partial charge in [-0.15, -0.1) is 0 Å². The zero-order valence-corrected chi connectivity index (χ0v) is 26.3. The van der Waals surface area contributed by atoms with Gasteiger partial charge in [-0.1, -0.05) is 182 Å². The number of carbonyl (C=O) groups excluding carboxylic acids is 1. The van der Waals surface area contributed by atoms with Crippen molar-refractivity contribution < 1.29 is 9.53 Å². The van der Waals surface area contributed by atoms with E-state index in [2.05, 4.69) is 27.7 Å². The van der Waals surface area contributed by atoms with Gasteiger partial charge in [-0.25, -0.2) is 0 Å². The summed E-state index contributed by atoms with van der Waals surface area (Å²) in [4.78, 5) is 12.7. The minimum atomic E-state index is 0.0554. The molecule has 37 heavy (non-hydrogen) atoms. The molecule has 0 bridgehead atoms. The first-order valence-electron chi connectivity index (χ1n) is 17.3. The molecule has 0 fully saturated rings. The SMILES string of the molecule is CCCCCCCCCCC(CCCCCCCCCC)COC(=O)C(C)CCCCCCCCCC. The molecule has 0 rings (SSSR count). The van der Waals surface area contributed by atoms with E-state index in [1.165, 1.54) is 167 Å². The summed E-state index contributed by atoms with van der Waals surface area (Å²) in [6, 6.07) is 0. The monoisotopic (exact) mass is 523 g/mol. The van der Waals surface area contributed by atoms with Crippen LogP contribution < -0.4 is 0 Å². The lowest BCUT2D eigenvalue weighted by Gasteiger charge is -2.19. The quantitative estimate of drug-likeness (QED) is 0.0692. The molecule has 0 aliphatic carbocycles. The first kappa shape index (κ1) is 36.5. The third kappa shape index (κ3) is 26.8. The molecule has 2 heteroatoms. The van der Waals surface area contributed by atoms with Gasteiger partial charge in [-0.05, 0) is 25.2 Å². The molecule has 0 aromatic rings. The average Bonchev–Trinajstić information content (AvgIpc) is 2.90. The first-order valence-corrected chi connectivity index (χ1v) is 17.3. The van der Waals surface area contributed by atoms with Gasteiger partial charge >= 0.3 is 5.97 Å². The highest BCUT2D eigenvalue weighted by Gasteiger charge is 2.17. The minimum Gasteiger partial charge on any atom is -0.465 e. The Hall–Kier alpha value is -0.530. The molecule has 2 nitrogen and oxygen atoms in total. The normalized spacial score (nSPS) is 12.4. The molecular formula is C35H70O2. The Bertz CT molecular complexity index is 427. The summed E-state index contributed by atoms with van der Waals surface area (Å²) < 4.78 is 5.89. The topological polar surface area (TPSA) is 26.3 Å². The van der Waals surface area contributed by atoms with E-state index < -0.39 is 0 Å². The van der Waals surface area contributed by atoms with Crippen molar-refractivity contribution in [2.45, 2.75) is 201 Å². The number of hydrogen-bond acceptors (Lipinski definition) is 2. The van der Waals surface area contributed by atoms with Crippen molar-refractivity contribution in [3.05, 3.63) is 0 Å². The van der Waals surface area contributed by atoms with Gasteiger partial charge in [-0.3, -0.25) is 4.79 Å². The molecule has 0 saturated carbocycles. The highest BCUT2D eigenvalue weighted by atomic mass is 16.5. The third-order valence-corrected chi connectivity index (χ3v) is 8.29. The van der Waals surface area contributed by atoms with E-state index >= 15 is 0 Å². The molecular weight excluding hydrogens is 452 g/mol. The highest BCUT2D eigenvalue weighted by molar-refractivity contribution is 5.71. The van der Waals surface area contributed by atoms with E-state index in [1.807, 2.05) is 0 Å². The largest absolute Gasteiger partial charge is 0.465 e. The molecule has 1 unspecified atom stereocenters. The van der Waals surface area contributed by atoms with Crippen LogP contribution in [0.25, 0.3) is 0 Å². The molecule has 0 aliphatic rings. The van der Waals surface area contributed by atoms with Crippen LogP contribution in [0.5, 0.6) is 0 Å². The molecule has 0 radical (unpaired) electrons. The maximum absolute atomic E-state index is 12.7. The van der Waals surface area contributed by atoms with Gasteiger partial charge in [0, 0.05) is 0 Å². The number of hydrogen-bond donors (Lipinski definition) is 0. The summed E-state index contributed by atoms with van der Waals surface area (Å²) in [7, 11) is 0. The highest BCUT2D eigenvalue weighted by Crippen LogP contribution is 2.21. The molecule has 0 saturated heterocycles. The molecule has 222 valence electrons. The van der Waals surface area contributed by atoms with Gasteiger partial charge in [-0.2, -0.15) is 0 Å². The zero-order valence-electron chi connectivity index (χ0n) is 26.3. The number of rotatable bonds is 30. The lowest BCUT2D eigenvalue weighted by Crippen LogP contribution is -2.20. The predicted octanol–water partition coefficient (Wildman–Crippen LogP) is 12.4. The van der Waals surface area contributed by atoms with Gasteiger partial charge in [0.1, 0.15) is 0 Å². The second kappa shape index (κ2) is 30.0. The summed E-state index contributed by atoms with van der Waals surface area (Å²) in [5.74, 6) is 0.686. The van der Waals surface area contributed by atoms with E-state index in [0.717, 1.165) is 6.42 Å². The van der Waals surface area contributed by atoms with E-state index in [4.69, 9.17) is 4.74 Å². The Morgan fingerprint density at radius 1 is 0.459 bits per heavy atom. The van der Waals surface area contributed by atoms with Crippen LogP contribution in [0.3, 0.4) is 0 Å². The van der Waals surface area contributed by atoms with E-state index in [0.29, 0.717) is 12.5 Å². The van der Waals surface area contributed by atoms with Crippen LogP contribution in [0, 0.1) is 11.8 Å². The van der Waals surface area contributed by atoms with Gasteiger partial charge in [0.25, 0.3) is 0 Å². The fraction of sp³-hybridized carbons (Fsp3) is 0.971. The van der Waals surface area contributed by atoms with Crippen LogP contribution in [0.4, 0.5) is 0 Å². The number of esters is 1. The summed E-state index contributed by atoms with van der Waals surface area (Å²) in [6.07, 6.45) is 36.0. The summed E-state index contributed by atoms with van der Waals surface area (Å²) in [5, 5.41) is 0. The number of carbonyl (C=O) groups is 1. The fourth-order valence-corrected chi connectivity index (χ4v) is 5.49. The predicted molar refractivity (Wildman–Crippen MR) is 165 cm³/mol. The van der Waals surface area contributed by atoms with Crippen molar-refractivity contribution in [1.29, 1.82) is 0 Å². The summed E-state index contributed by atoms with van der Waals surface area (Å²) in [6.45, 7) is 9.59. The van der Waals surface area contributed by atoms with Crippen molar-refractivity contribution in [1.82, 2.24) is 0 Å². The van der Waals surface area contributed by atoms with Crippen LogP contribution >= 0.6 is 0 Å². The standard InChI is InChI=1S/C35H70O2/c1-5-8-11-14-17-20-23-26-29-33(4)35(36)37-32-34(30-27-24-21-18-15-12-9-6-2)31-28-25-22-19-16-13-10-7-3/h33-34H,5-32H2,1-4H3. The molecule has 0 spiro atoms. The van der Waals surface area contributed by atoms with Gasteiger partial charge < -0.3 is 4.74 Å². The smallest absolute Gasteiger partial charge is 0.308 e. The number of ether oxygens (including phenoxy) is 1. The van der Waals surface area contributed by atoms with E-state index in [1.54, 1.807) is 0 Å². The molecule has 0 heterocycles. The van der Waals surface area contributed by atoms with Crippen molar-refractivity contribution in [3.63, 3.8) is 0 Å². The minimum absolute atomic E-state index is 0.0554. The van der Waals surface area contributed by atoms with E-state index in [-0.39, 0.29) is 11.9 Å². The lowest BCUT2D eigenvalue weighted by molar-refractivity contribution is -0.149. The Labute approximate surface area is 234 Å². The van der Waals surface area contributed by atoms with Crippen molar-refractivity contribution in [2.24, 2.45) is 11.8 Å². The van der Waals surface area contributed by atoms with Crippen molar-refractivity contribution in [3.8, 4) is 0 Å². The van der Waals surface area contributed by atoms with Crippen LogP contribution in [-0.2, 0) is 9.53 Å².